The highest BCUT2D eigenvalue weighted by atomic mass is 35.5. The van der Waals surface area contributed by atoms with Gasteiger partial charge in [0.2, 0.25) is 0 Å². The van der Waals surface area contributed by atoms with Crippen LogP contribution in [0.2, 0.25) is 5.02 Å². The fourth-order valence-corrected chi connectivity index (χ4v) is 2.61. The van der Waals surface area contributed by atoms with Crippen LogP contribution >= 0.6 is 22.9 Å². The standard InChI is InChI=1S/C10H8ClNS/c11-7-5-9(6-1-2-6)12-8-3-4-13-10(7)8/h3-6H,1-2H2. The Bertz CT molecular complexity index is 459. The van der Waals surface area contributed by atoms with Crippen LogP contribution in [-0.2, 0) is 0 Å². The van der Waals surface area contributed by atoms with Gasteiger partial charge in [0, 0.05) is 11.6 Å². The average Bonchev–Trinajstić information content (AvgIpc) is 2.85. The summed E-state index contributed by atoms with van der Waals surface area (Å²) >= 11 is 7.81. The monoisotopic (exact) mass is 209 g/mol. The van der Waals surface area contributed by atoms with Gasteiger partial charge >= 0.3 is 0 Å². The number of aromatic nitrogens is 1. The lowest BCUT2D eigenvalue weighted by atomic mass is 10.2. The zero-order valence-electron chi connectivity index (χ0n) is 6.96. The molecule has 0 N–H and O–H groups in total. The average molecular weight is 210 g/mol. The molecular formula is C10H8ClNS. The Balaban J connectivity index is 2.27. The molecule has 66 valence electrons. The Kier molecular flexibility index (Phi) is 1.61. The molecule has 0 saturated heterocycles. The van der Waals surface area contributed by atoms with Crippen molar-refractivity contribution >= 4 is 33.2 Å². The third kappa shape index (κ3) is 1.25. The van der Waals surface area contributed by atoms with E-state index >= 15 is 0 Å². The molecule has 0 atom stereocenters. The smallest absolute Gasteiger partial charge is 0.0828 e. The molecule has 1 saturated carbocycles. The topological polar surface area (TPSA) is 12.9 Å². The van der Waals surface area contributed by atoms with Crippen molar-refractivity contribution in [3.05, 3.63) is 28.2 Å². The summed E-state index contributed by atoms with van der Waals surface area (Å²) in [4.78, 5) is 4.58. The molecule has 0 aliphatic heterocycles. The number of hydrogen-bond acceptors (Lipinski definition) is 2. The van der Waals surface area contributed by atoms with E-state index in [2.05, 4.69) is 4.98 Å². The van der Waals surface area contributed by atoms with Crippen LogP contribution < -0.4 is 0 Å². The first-order valence-corrected chi connectivity index (χ1v) is 5.64. The Labute approximate surface area is 85.4 Å². The molecule has 0 bridgehead atoms. The highest BCUT2D eigenvalue weighted by Gasteiger charge is 2.25. The van der Waals surface area contributed by atoms with E-state index in [4.69, 9.17) is 11.6 Å². The SMILES string of the molecule is Clc1cc(C2CC2)nc2ccsc12. The number of pyridine rings is 1. The third-order valence-electron chi connectivity index (χ3n) is 2.38. The highest BCUT2D eigenvalue weighted by molar-refractivity contribution is 7.17. The van der Waals surface area contributed by atoms with Crippen LogP contribution in [-0.4, -0.2) is 4.98 Å². The van der Waals surface area contributed by atoms with Gasteiger partial charge in [-0.2, -0.15) is 0 Å². The van der Waals surface area contributed by atoms with Crippen molar-refractivity contribution in [2.75, 3.05) is 0 Å². The van der Waals surface area contributed by atoms with Crippen LogP contribution in [0.4, 0.5) is 0 Å². The molecule has 0 radical (unpaired) electrons. The van der Waals surface area contributed by atoms with Gasteiger partial charge in [-0.25, -0.2) is 0 Å². The second-order valence-electron chi connectivity index (χ2n) is 3.44. The van der Waals surface area contributed by atoms with Crippen LogP contribution in [0.25, 0.3) is 10.2 Å². The molecule has 1 aliphatic carbocycles. The summed E-state index contributed by atoms with van der Waals surface area (Å²) in [6.45, 7) is 0. The fourth-order valence-electron chi connectivity index (χ4n) is 1.52. The fraction of sp³-hybridized carbons (Fsp3) is 0.300. The number of thiophene rings is 1. The summed E-state index contributed by atoms with van der Waals surface area (Å²) in [6.07, 6.45) is 2.55. The summed E-state index contributed by atoms with van der Waals surface area (Å²) in [7, 11) is 0. The molecular weight excluding hydrogens is 202 g/mol. The van der Waals surface area contributed by atoms with Gasteiger partial charge in [-0.3, -0.25) is 4.98 Å². The van der Waals surface area contributed by atoms with Crippen LogP contribution in [0.3, 0.4) is 0 Å². The zero-order chi connectivity index (χ0) is 8.84. The van der Waals surface area contributed by atoms with E-state index in [-0.39, 0.29) is 0 Å². The van der Waals surface area contributed by atoms with Gasteiger partial charge in [-0.05, 0) is 30.4 Å². The van der Waals surface area contributed by atoms with E-state index in [1.165, 1.54) is 18.5 Å². The van der Waals surface area contributed by atoms with Gasteiger partial charge in [-0.15, -0.1) is 11.3 Å². The molecule has 1 nitrogen and oxygen atoms in total. The van der Waals surface area contributed by atoms with Crippen molar-refractivity contribution in [1.29, 1.82) is 0 Å². The predicted octanol–water partition coefficient (Wildman–Crippen LogP) is 3.83. The molecule has 2 aromatic heterocycles. The Morgan fingerprint density at radius 2 is 2.31 bits per heavy atom. The van der Waals surface area contributed by atoms with Gasteiger partial charge in [0.1, 0.15) is 0 Å². The van der Waals surface area contributed by atoms with Gasteiger partial charge in [0.25, 0.3) is 0 Å². The maximum absolute atomic E-state index is 6.15. The van der Waals surface area contributed by atoms with Gasteiger partial charge in [0.05, 0.1) is 15.2 Å². The maximum atomic E-state index is 6.15. The number of fused-ring (bicyclic) bond motifs is 1. The number of halogens is 1. The molecule has 2 heterocycles. The first-order chi connectivity index (χ1) is 6.34. The maximum Gasteiger partial charge on any atom is 0.0828 e. The predicted molar refractivity (Wildman–Crippen MR) is 56.6 cm³/mol. The molecule has 0 unspecified atom stereocenters. The zero-order valence-corrected chi connectivity index (χ0v) is 8.53. The Hall–Kier alpha value is -0.600. The van der Waals surface area contributed by atoms with Crippen LogP contribution in [0.1, 0.15) is 24.5 Å². The first kappa shape index (κ1) is 7.77. The molecule has 3 heteroatoms. The normalized spacial score (nSPS) is 16.7. The number of nitrogens with zero attached hydrogens (tertiary/aromatic N) is 1. The molecule has 2 aromatic rings. The molecule has 0 spiro atoms. The Morgan fingerprint density at radius 1 is 1.46 bits per heavy atom. The minimum atomic E-state index is 0.682. The lowest BCUT2D eigenvalue weighted by Crippen LogP contribution is -1.85. The van der Waals surface area contributed by atoms with E-state index < -0.39 is 0 Å². The third-order valence-corrected chi connectivity index (χ3v) is 3.73. The highest BCUT2D eigenvalue weighted by Crippen LogP contribution is 2.41. The van der Waals surface area contributed by atoms with Crippen molar-refractivity contribution in [3.8, 4) is 0 Å². The van der Waals surface area contributed by atoms with Crippen molar-refractivity contribution in [2.45, 2.75) is 18.8 Å². The lowest BCUT2D eigenvalue weighted by Gasteiger charge is -1.99. The van der Waals surface area contributed by atoms with Crippen LogP contribution in [0.5, 0.6) is 0 Å². The van der Waals surface area contributed by atoms with Gasteiger partial charge < -0.3 is 0 Å². The van der Waals surface area contributed by atoms with Crippen molar-refractivity contribution in [3.63, 3.8) is 0 Å². The first-order valence-electron chi connectivity index (χ1n) is 4.38. The van der Waals surface area contributed by atoms with E-state index in [0.717, 1.165) is 15.2 Å². The van der Waals surface area contributed by atoms with E-state index in [9.17, 15) is 0 Å². The molecule has 0 aromatic carbocycles. The van der Waals surface area contributed by atoms with Crippen LogP contribution in [0, 0.1) is 0 Å². The van der Waals surface area contributed by atoms with Gasteiger partial charge in [-0.1, -0.05) is 11.6 Å². The van der Waals surface area contributed by atoms with Crippen LogP contribution in [0.15, 0.2) is 17.5 Å². The Morgan fingerprint density at radius 3 is 3.08 bits per heavy atom. The number of hydrogen-bond donors (Lipinski definition) is 0. The molecule has 3 rings (SSSR count). The lowest BCUT2D eigenvalue weighted by molar-refractivity contribution is 1.05. The molecule has 1 fully saturated rings. The van der Waals surface area contributed by atoms with Gasteiger partial charge in [0.15, 0.2) is 0 Å². The molecule has 0 amide bonds. The quantitative estimate of drug-likeness (QED) is 0.696. The summed E-state index contributed by atoms with van der Waals surface area (Å²) in [5.41, 5.74) is 2.23. The minimum Gasteiger partial charge on any atom is -0.252 e. The number of rotatable bonds is 1. The summed E-state index contributed by atoms with van der Waals surface area (Å²) < 4.78 is 1.12. The van der Waals surface area contributed by atoms with E-state index in [0.29, 0.717) is 5.92 Å². The van der Waals surface area contributed by atoms with E-state index in [1.54, 1.807) is 11.3 Å². The summed E-state index contributed by atoms with van der Waals surface area (Å²) in [5.74, 6) is 0.682. The summed E-state index contributed by atoms with van der Waals surface area (Å²) in [6, 6.07) is 4.07. The second-order valence-corrected chi connectivity index (χ2v) is 4.76. The van der Waals surface area contributed by atoms with Crippen molar-refractivity contribution in [1.82, 2.24) is 4.98 Å². The van der Waals surface area contributed by atoms with Crippen molar-refractivity contribution < 1.29 is 0 Å². The van der Waals surface area contributed by atoms with E-state index in [1.807, 2.05) is 17.5 Å². The molecule has 1 aliphatic rings. The summed E-state index contributed by atoms with van der Waals surface area (Å²) in [5, 5.41) is 2.90. The van der Waals surface area contributed by atoms with Crippen molar-refractivity contribution in [2.24, 2.45) is 0 Å². The minimum absolute atomic E-state index is 0.682. The largest absolute Gasteiger partial charge is 0.252 e. The molecule has 13 heavy (non-hydrogen) atoms. The second kappa shape index (κ2) is 2.69.